The fraction of sp³-hybridized carbons (Fsp3) is 0.385. The van der Waals surface area contributed by atoms with Gasteiger partial charge in [-0.3, -0.25) is 4.79 Å². The molecular weight excluding hydrogens is 276 g/mol. The van der Waals surface area contributed by atoms with Gasteiger partial charge in [0, 0.05) is 19.3 Å². The molecule has 0 aromatic carbocycles. The average molecular weight is 292 g/mol. The van der Waals surface area contributed by atoms with E-state index in [9.17, 15) is 9.59 Å². The van der Waals surface area contributed by atoms with Crippen molar-refractivity contribution in [3.05, 3.63) is 35.2 Å². The van der Waals surface area contributed by atoms with E-state index in [2.05, 4.69) is 15.5 Å². The SMILES string of the molecule is CCc1noc(C)c1C(=O)NCCn1cnc(C(=O)O)c1. The minimum atomic E-state index is -1.08. The molecule has 2 aromatic heterocycles. The Bertz CT molecular complexity index is 659. The summed E-state index contributed by atoms with van der Waals surface area (Å²) in [5, 5.41) is 15.3. The van der Waals surface area contributed by atoms with Crippen LogP contribution in [0.5, 0.6) is 0 Å². The molecular formula is C13H16N4O4. The van der Waals surface area contributed by atoms with E-state index in [-0.39, 0.29) is 11.6 Å². The van der Waals surface area contributed by atoms with Crippen LogP contribution >= 0.6 is 0 Å². The van der Waals surface area contributed by atoms with Crippen LogP contribution in [-0.2, 0) is 13.0 Å². The smallest absolute Gasteiger partial charge is 0.356 e. The van der Waals surface area contributed by atoms with Gasteiger partial charge in [0.1, 0.15) is 11.3 Å². The molecule has 2 N–H and O–H groups in total. The Morgan fingerprint density at radius 3 is 2.86 bits per heavy atom. The minimum absolute atomic E-state index is 0.0236. The number of aryl methyl sites for hydroxylation is 2. The number of amides is 1. The van der Waals surface area contributed by atoms with E-state index in [0.717, 1.165) is 0 Å². The molecule has 0 aliphatic heterocycles. The van der Waals surface area contributed by atoms with Gasteiger partial charge in [0.15, 0.2) is 5.69 Å². The first-order valence-corrected chi connectivity index (χ1v) is 6.51. The molecule has 0 spiro atoms. The maximum atomic E-state index is 12.1. The summed E-state index contributed by atoms with van der Waals surface area (Å²) in [5.41, 5.74) is 1.07. The van der Waals surface area contributed by atoms with Crippen molar-refractivity contribution in [2.45, 2.75) is 26.8 Å². The summed E-state index contributed by atoms with van der Waals surface area (Å²) in [6.45, 7) is 4.36. The second kappa shape index (κ2) is 6.21. The number of aromatic nitrogens is 3. The number of carbonyl (C=O) groups excluding carboxylic acids is 1. The molecule has 0 bridgehead atoms. The molecule has 0 aliphatic carbocycles. The van der Waals surface area contributed by atoms with Crippen molar-refractivity contribution in [3.63, 3.8) is 0 Å². The summed E-state index contributed by atoms with van der Waals surface area (Å²) in [6.07, 6.45) is 3.44. The molecule has 2 heterocycles. The highest BCUT2D eigenvalue weighted by molar-refractivity contribution is 5.96. The third-order valence-corrected chi connectivity index (χ3v) is 3.00. The molecule has 8 heteroatoms. The van der Waals surface area contributed by atoms with E-state index in [0.29, 0.717) is 36.5 Å². The van der Waals surface area contributed by atoms with E-state index in [1.165, 1.54) is 12.5 Å². The van der Waals surface area contributed by atoms with E-state index in [1.54, 1.807) is 11.5 Å². The maximum Gasteiger partial charge on any atom is 0.356 e. The molecule has 0 saturated carbocycles. The molecule has 21 heavy (non-hydrogen) atoms. The van der Waals surface area contributed by atoms with Crippen LogP contribution in [0.15, 0.2) is 17.0 Å². The normalized spacial score (nSPS) is 10.6. The van der Waals surface area contributed by atoms with Gasteiger partial charge in [-0.25, -0.2) is 9.78 Å². The summed E-state index contributed by atoms with van der Waals surface area (Å²) in [4.78, 5) is 26.5. The Hall–Kier alpha value is -2.64. The lowest BCUT2D eigenvalue weighted by Crippen LogP contribution is -2.28. The highest BCUT2D eigenvalue weighted by atomic mass is 16.5. The zero-order valence-electron chi connectivity index (χ0n) is 11.8. The van der Waals surface area contributed by atoms with Crippen LogP contribution in [0.3, 0.4) is 0 Å². The average Bonchev–Trinajstić information content (AvgIpc) is 3.05. The van der Waals surface area contributed by atoms with Gasteiger partial charge in [-0.2, -0.15) is 0 Å². The fourth-order valence-corrected chi connectivity index (χ4v) is 1.93. The van der Waals surface area contributed by atoms with Crippen LogP contribution in [0.4, 0.5) is 0 Å². The second-order valence-electron chi connectivity index (χ2n) is 4.47. The molecule has 2 rings (SSSR count). The molecule has 2 aromatic rings. The highest BCUT2D eigenvalue weighted by Gasteiger charge is 2.18. The van der Waals surface area contributed by atoms with Crippen LogP contribution in [0.2, 0.25) is 0 Å². The maximum absolute atomic E-state index is 12.1. The van der Waals surface area contributed by atoms with E-state index in [4.69, 9.17) is 9.63 Å². The zero-order valence-corrected chi connectivity index (χ0v) is 11.8. The zero-order chi connectivity index (χ0) is 15.4. The van der Waals surface area contributed by atoms with Gasteiger partial charge >= 0.3 is 5.97 Å². The molecule has 0 saturated heterocycles. The third-order valence-electron chi connectivity index (χ3n) is 3.00. The van der Waals surface area contributed by atoms with Crippen LogP contribution in [0.1, 0.15) is 39.2 Å². The number of carboxylic acid groups (broad SMARTS) is 1. The van der Waals surface area contributed by atoms with Crippen LogP contribution in [0, 0.1) is 6.92 Å². The van der Waals surface area contributed by atoms with Gasteiger partial charge in [-0.15, -0.1) is 0 Å². The van der Waals surface area contributed by atoms with Crippen molar-refractivity contribution in [2.75, 3.05) is 6.54 Å². The Morgan fingerprint density at radius 1 is 1.48 bits per heavy atom. The van der Waals surface area contributed by atoms with Gasteiger partial charge < -0.3 is 19.5 Å². The molecule has 0 fully saturated rings. The molecule has 0 aliphatic rings. The minimum Gasteiger partial charge on any atom is -0.476 e. The first-order valence-electron chi connectivity index (χ1n) is 6.51. The summed E-state index contributed by atoms with van der Waals surface area (Å²) < 4.78 is 6.61. The van der Waals surface area contributed by atoms with E-state index in [1.807, 2.05) is 6.92 Å². The summed E-state index contributed by atoms with van der Waals surface area (Å²) >= 11 is 0. The number of hydrogen-bond donors (Lipinski definition) is 2. The molecule has 0 atom stereocenters. The number of nitrogens with zero attached hydrogens (tertiary/aromatic N) is 3. The Morgan fingerprint density at radius 2 is 2.24 bits per heavy atom. The molecule has 112 valence electrons. The van der Waals surface area contributed by atoms with Crippen molar-refractivity contribution < 1.29 is 19.2 Å². The van der Waals surface area contributed by atoms with Gasteiger partial charge in [-0.05, 0) is 13.3 Å². The lowest BCUT2D eigenvalue weighted by atomic mass is 10.1. The molecule has 0 unspecified atom stereocenters. The quantitative estimate of drug-likeness (QED) is 0.817. The number of carboxylic acids is 1. The number of nitrogens with one attached hydrogen (secondary N) is 1. The van der Waals surface area contributed by atoms with Gasteiger partial charge in [0.05, 0.1) is 12.0 Å². The van der Waals surface area contributed by atoms with Crippen molar-refractivity contribution in [1.29, 1.82) is 0 Å². The van der Waals surface area contributed by atoms with Crippen molar-refractivity contribution >= 4 is 11.9 Å². The number of rotatable bonds is 6. The van der Waals surface area contributed by atoms with Crippen molar-refractivity contribution in [3.8, 4) is 0 Å². The van der Waals surface area contributed by atoms with Gasteiger partial charge in [0.25, 0.3) is 5.91 Å². The Kier molecular flexibility index (Phi) is 4.36. The van der Waals surface area contributed by atoms with Crippen molar-refractivity contribution in [2.24, 2.45) is 0 Å². The fourth-order valence-electron chi connectivity index (χ4n) is 1.93. The van der Waals surface area contributed by atoms with Crippen LogP contribution in [-0.4, -0.2) is 38.2 Å². The number of imidazole rings is 1. The lowest BCUT2D eigenvalue weighted by Gasteiger charge is -2.05. The third kappa shape index (κ3) is 3.28. The van der Waals surface area contributed by atoms with Crippen LogP contribution in [0.25, 0.3) is 0 Å². The van der Waals surface area contributed by atoms with Gasteiger partial charge in [-0.1, -0.05) is 12.1 Å². The van der Waals surface area contributed by atoms with Crippen molar-refractivity contribution in [1.82, 2.24) is 20.0 Å². The number of aromatic carboxylic acids is 1. The largest absolute Gasteiger partial charge is 0.476 e. The molecule has 1 amide bonds. The Labute approximate surface area is 120 Å². The first kappa shape index (κ1) is 14.8. The standard InChI is InChI=1S/C13H16N4O4/c1-3-9-11(8(2)21-16-9)12(18)14-4-5-17-6-10(13(19)20)15-7-17/h6-7H,3-5H2,1-2H3,(H,14,18)(H,19,20). The second-order valence-corrected chi connectivity index (χ2v) is 4.47. The van der Waals surface area contributed by atoms with Crippen LogP contribution < -0.4 is 5.32 Å². The lowest BCUT2D eigenvalue weighted by molar-refractivity contribution is 0.0690. The number of hydrogen-bond acceptors (Lipinski definition) is 5. The van der Waals surface area contributed by atoms with Gasteiger partial charge in [0.2, 0.25) is 0 Å². The highest BCUT2D eigenvalue weighted by Crippen LogP contribution is 2.13. The summed E-state index contributed by atoms with van der Waals surface area (Å²) in [6, 6.07) is 0. The van der Waals surface area contributed by atoms with E-state index < -0.39 is 5.97 Å². The summed E-state index contributed by atoms with van der Waals surface area (Å²) in [5.74, 6) is -0.838. The predicted molar refractivity (Wildman–Crippen MR) is 72.1 cm³/mol. The monoisotopic (exact) mass is 292 g/mol. The predicted octanol–water partition coefficient (Wildman–Crippen LogP) is 0.870. The molecule has 0 radical (unpaired) electrons. The van der Waals surface area contributed by atoms with E-state index >= 15 is 0 Å². The molecule has 8 nitrogen and oxygen atoms in total. The Balaban J connectivity index is 1.92. The number of carbonyl (C=O) groups is 2. The topological polar surface area (TPSA) is 110 Å². The summed E-state index contributed by atoms with van der Waals surface area (Å²) in [7, 11) is 0. The first-order chi connectivity index (χ1) is 10.0.